The van der Waals surface area contributed by atoms with Gasteiger partial charge in [0.1, 0.15) is 18.1 Å². The van der Waals surface area contributed by atoms with Crippen LogP contribution in [0.5, 0.6) is 0 Å². The van der Waals surface area contributed by atoms with Crippen molar-refractivity contribution in [2.75, 3.05) is 12.3 Å². The molecule has 0 radical (unpaired) electrons. The van der Waals surface area contributed by atoms with E-state index in [1.165, 1.54) is 4.57 Å². The molecular weight excluding hydrogens is 511 g/mol. The summed E-state index contributed by atoms with van der Waals surface area (Å²) in [5.41, 5.74) is 5.65. The first-order valence-corrected chi connectivity index (χ1v) is 12.4. The van der Waals surface area contributed by atoms with Crippen molar-refractivity contribution in [2.45, 2.75) is 31.8 Å². The molecule has 0 amide bonds. The number of nitrogens with two attached hydrogens (primary N) is 1. The molecule has 0 bridgehead atoms. The van der Waals surface area contributed by atoms with Gasteiger partial charge in [0.2, 0.25) is 0 Å². The summed E-state index contributed by atoms with van der Waals surface area (Å²) >= 11 is 0. The molecule has 1 fully saturated rings. The maximum Gasteiger partial charge on any atom is 0.466 e. The number of aliphatic hydroxyl groups is 2. The zero-order chi connectivity index (χ0) is 26.1. The Morgan fingerprint density at radius 1 is 1.03 bits per heavy atom. The number of phosphoric acid groups is 3. The number of aromatic nitrogens is 2. The van der Waals surface area contributed by atoms with Crippen LogP contribution in [-0.2, 0) is 18.4 Å². The zero-order valence-corrected chi connectivity index (χ0v) is 18.7. The number of hydrogen-bond donors (Lipinski definition) is 12. The molecule has 1 aliphatic rings. The summed E-state index contributed by atoms with van der Waals surface area (Å²) in [4.78, 5) is 80.0. The Balaban J connectivity index is 0. The van der Waals surface area contributed by atoms with E-state index in [-0.39, 0.29) is 18.8 Å². The van der Waals surface area contributed by atoms with Crippen LogP contribution in [0.3, 0.4) is 0 Å². The lowest BCUT2D eigenvalue weighted by molar-refractivity contribution is -0.0459. The largest absolute Gasteiger partial charge is 0.466 e. The molecule has 1 aliphatic heterocycles. The first-order chi connectivity index (χ1) is 14.0. The van der Waals surface area contributed by atoms with Gasteiger partial charge in [-0.2, -0.15) is 4.98 Å². The first kappa shape index (κ1) is 33.1. The van der Waals surface area contributed by atoms with Crippen molar-refractivity contribution in [1.29, 1.82) is 0 Å². The Labute approximate surface area is 178 Å². The fourth-order valence-electron chi connectivity index (χ4n) is 1.84. The number of rotatable bonds is 2. The molecule has 19 nitrogen and oxygen atoms in total. The highest BCUT2D eigenvalue weighted by atomic mass is 31.2. The van der Waals surface area contributed by atoms with E-state index in [4.69, 9.17) is 73.3 Å². The highest BCUT2D eigenvalue weighted by Crippen LogP contribution is 2.28. The average Bonchev–Trinajstić information content (AvgIpc) is 2.86. The maximum atomic E-state index is 11.6. The Morgan fingerprint density at radius 3 is 1.72 bits per heavy atom. The van der Waals surface area contributed by atoms with E-state index in [0.717, 1.165) is 0 Å². The molecule has 22 heteroatoms. The highest BCUT2D eigenvalue weighted by Gasteiger charge is 2.35. The predicted molar refractivity (Wildman–Crippen MR) is 102 cm³/mol. The molecule has 0 spiro atoms. The summed E-state index contributed by atoms with van der Waals surface area (Å²) < 4.78 is 33.3. The molecule has 2 rings (SSSR count). The van der Waals surface area contributed by atoms with E-state index in [1.54, 1.807) is 13.1 Å². The summed E-state index contributed by atoms with van der Waals surface area (Å²) in [5, 5.41) is 18.6. The van der Waals surface area contributed by atoms with Gasteiger partial charge in [0.05, 0.1) is 12.7 Å². The molecule has 0 aromatic carbocycles. The SMILES string of the molecule is Cc1cn([C@H]2C[C@H](O)[C@@H](CO)O2)c(=O)nc1N.O=P(O)(O)O.O=P(O)(O)O.O=P(O)(O)O. The van der Waals surface area contributed by atoms with Crippen LogP contribution in [0.15, 0.2) is 11.0 Å². The Kier molecular flexibility index (Phi) is 14.0. The Morgan fingerprint density at radius 2 is 1.41 bits per heavy atom. The maximum absolute atomic E-state index is 11.6. The van der Waals surface area contributed by atoms with Gasteiger partial charge in [0.25, 0.3) is 0 Å². The monoisotopic (exact) mass is 535 g/mol. The molecule has 0 aliphatic carbocycles. The van der Waals surface area contributed by atoms with E-state index in [1.807, 2.05) is 0 Å². The minimum absolute atomic E-state index is 0.184. The molecule has 0 saturated carbocycles. The van der Waals surface area contributed by atoms with E-state index >= 15 is 0 Å². The van der Waals surface area contributed by atoms with Gasteiger partial charge >= 0.3 is 29.2 Å². The zero-order valence-electron chi connectivity index (χ0n) is 16.0. The van der Waals surface area contributed by atoms with Crippen LogP contribution in [-0.4, -0.2) is 82.6 Å². The van der Waals surface area contributed by atoms with Crippen molar-refractivity contribution >= 4 is 29.3 Å². The Hall–Kier alpha value is -1.11. The van der Waals surface area contributed by atoms with Crippen LogP contribution >= 0.6 is 23.5 Å². The predicted octanol–water partition coefficient (Wildman–Crippen LogP) is -4.01. The van der Waals surface area contributed by atoms with Crippen LogP contribution in [0.2, 0.25) is 0 Å². The van der Waals surface area contributed by atoms with Gasteiger partial charge < -0.3 is 64.7 Å². The van der Waals surface area contributed by atoms with Gasteiger partial charge in [-0.15, -0.1) is 0 Å². The minimum Gasteiger partial charge on any atom is -0.394 e. The summed E-state index contributed by atoms with van der Waals surface area (Å²) in [7, 11) is -13.9. The van der Waals surface area contributed by atoms with Crippen molar-refractivity contribution in [1.82, 2.24) is 9.55 Å². The quantitative estimate of drug-likeness (QED) is 0.160. The lowest BCUT2D eigenvalue weighted by Crippen LogP contribution is -2.28. The molecule has 3 atom stereocenters. The second-order valence-corrected chi connectivity index (χ2v) is 8.73. The summed E-state index contributed by atoms with van der Waals surface area (Å²) in [6.07, 6.45) is -0.265. The van der Waals surface area contributed by atoms with Gasteiger partial charge in [-0.25, -0.2) is 18.5 Å². The van der Waals surface area contributed by atoms with Gasteiger partial charge in [-0.1, -0.05) is 0 Å². The highest BCUT2D eigenvalue weighted by molar-refractivity contribution is 7.45. The molecule has 1 aromatic heterocycles. The molecule has 13 N–H and O–H groups in total. The van der Waals surface area contributed by atoms with E-state index in [2.05, 4.69) is 4.98 Å². The van der Waals surface area contributed by atoms with Gasteiger partial charge in [-0.05, 0) is 6.92 Å². The number of ether oxygens (including phenoxy) is 1. The third-order valence-electron chi connectivity index (χ3n) is 2.87. The van der Waals surface area contributed by atoms with Gasteiger partial charge in [0, 0.05) is 18.2 Å². The van der Waals surface area contributed by atoms with E-state index in [0.29, 0.717) is 5.56 Å². The first-order valence-electron chi connectivity index (χ1n) is 7.67. The van der Waals surface area contributed by atoms with Crippen LogP contribution in [0.1, 0.15) is 18.2 Å². The standard InChI is InChI=1S/C10H15N3O4.3H3O4P/c1-5-3-13(10(16)12-9(5)11)8-2-6(15)7(4-14)17-8;3*1-5(2,3)4/h3,6-8,14-15H,2,4H2,1H3,(H2,11,12,16);3*(H3,1,2,3,4)/t6-,7+,8+;;;/m0.../s1. The minimum atomic E-state index is -4.64. The van der Waals surface area contributed by atoms with E-state index < -0.39 is 47.6 Å². The van der Waals surface area contributed by atoms with Gasteiger partial charge in [-0.3, -0.25) is 4.57 Å². The second kappa shape index (κ2) is 13.6. The van der Waals surface area contributed by atoms with Gasteiger partial charge in [0.15, 0.2) is 0 Å². The summed E-state index contributed by atoms with van der Waals surface area (Å²) in [6, 6.07) is 0. The summed E-state index contributed by atoms with van der Waals surface area (Å²) in [6.45, 7) is 1.45. The van der Waals surface area contributed by atoms with Crippen LogP contribution in [0.4, 0.5) is 5.82 Å². The average molecular weight is 535 g/mol. The van der Waals surface area contributed by atoms with Crippen LogP contribution < -0.4 is 11.4 Å². The molecular formula is C10H24N3O16P3. The van der Waals surface area contributed by atoms with Crippen molar-refractivity contribution < 1.29 is 72.7 Å². The molecule has 1 saturated heterocycles. The van der Waals surface area contributed by atoms with Crippen molar-refractivity contribution in [2.24, 2.45) is 0 Å². The third kappa shape index (κ3) is 20.8. The topological polar surface area (TPSA) is 344 Å². The lowest BCUT2D eigenvalue weighted by Gasteiger charge is -2.15. The molecule has 1 aromatic rings. The van der Waals surface area contributed by atoms with Crippen molar-refractivity contribution in [3.63, 3.8) is 0 Å². The number of anilines is 1. The molecule has 2 heterocycles. The molecule has 32 heavy (non-hydrogen) atoms. The third-order valence-corrected chi connectivity index (χ3v) is 2.87. The van der Waals surface area contributed by atoms with E-state index in [9.17, 15) is 9.90 Å². The normalized spacial score (nSPS) is 20.7. The number of hydrogen-bond acceptors (Lipinski definition) is 9. The van der Waals surface area contributed by atoms with Crippen molar-refractivity contribution in [3.8, 4) is 0 Å². The second-order valence-electron chi connectivity index (χ2n) is 5.65. The summed E-state index contributed by atoms with van der Waals surface area (Å²) in [5.74, 6) is 0.184. The lowest BCUT2D eigenvalue weighted by atomic mass is 10.2. The number of nitrogens with zero attached hydrogens (tertiary/aromatic N) is 2. The van der Waals surface area contributed by atoms with Crippen molar-refractivity contribution in [3.05, 3.63) is 22.2 Å². The smallest absolute Gasteiger partial charge is 0.394 e. The number of aryl methyl sites for hydroxylation is 1. The Bertz CT molecular complexity index is 833. The van der Waals surface area contributed by atoms with Crippen LogP contribution in [0, 0.1) is 6.92 Å². The fraction of sp³-hybridized carbons (Fsp3) is 0.600. The molecule has 0 unspecified atom stereocenters. The number of nitrogen functional groups attached to an aromatic ring is 1. The number of aliphatic hydroxyl groups excluding tert-OH is 2. The fourth-order valence-corrected chi connectivity index (χ4v) is 1.84. The van der Waals surface area contributed by atoms with Crippen LogP contribution in [0.25, 0.3) is 0 Å². The molecule has 190 valence electrons.